The summed E-state index contributed by atoms with van der Waals surface area (Å²) in [6.07, 6.45) is 0.0842. The van der Waals surface area contributed by atoms with Crippen LogP contribution in [-0.2, 0) is 10.0 Å². The summed E-state index contributed by atoms with van der Waals surface area (Å²) in [7, 11) is -3.44. The maximum atomic E-state index is 10.8. The number of sulfonamides is 1. The van der Waals surface area contributed by atoms with Crippen molar-refractivity contribution in [1.82, 2.24) is 0 Å². The van der Waals surface area contributed by atoms with E-state index in [0.717, 1.165) is 0 Å². The zero-order valence-corrected chi connectivity index (χ0v) is 10.9. The molecule has 7 heteroatoms. The lowest BCUT2D eigenvalue weighted by Crippen LogP contribution is -2.32. The molecule has 0 saturated heterocycles. The molecule has 0 bridgehead atoms. The van der Waals surface area contributed by atoms with E-state index in [1.54, 1.807) is 6.07 Å². The van der Waals surface area contributed by atoms with Crippen LogP contribution < -0.4 is 14.6 Å². The number of benzene rings is 1. The molecule has 96 valence electrons. The maximum absolute atomic E-state index is 10.8. The first-order chi connectivity index (χ1) is 7.54. The second-order valence-corrected chi connectivity index (χ2v) is 5.39. The Bertz CT molecular complexity index is 475. The normalized spacial score (nSPS) is 18.3. The third-order valence-electron chi connectivity index (χ3n) is 2.29. The van der Waals surface area contributed by atoms with E-state index in [4.69, 9.17) is 14.6 Å². The fourth-order valence-corrected chi connectivity index (χ4v) is 2.09. The fraction of sp³-hybridized carbons (Fsp3) is 0.400. The summed E-state index contributed by atoms with van der Waals surface area (Å²) >= 11 is 0. The molecule has 2 rings (SSSR count). The van der Waals surface area contributed by atoms with Crippen LogP contribution in [0.4, 0.5) is 0 Å². The van der Waals surface area contributed by atoms with E-state index in [1.165, 1.54) is 0 Å². The van der Waals surface area contributed by atoms with E-state index in [0.29, 0.717) is 24.5 Å². The van der Waals surface area contributed by atoms with Crippen molar-refractivity contribution in [2.24, 2.45) is 5.14 Å². The molecule has 2 N–H and O–H groups in total. The Morgan fingerprint density at radius 3 is 2.59 bits per heavy atom. The third kappa shape index (κ3) is 4.10. The highest BCUT2D eigenvalue weighted by molar-refractivity contribution is 7.89. The summed E-state index contributed by atoms with van der Waals surface area (Å²) in [6.45, 7) is 0.354. The highest BCUT2D eigenvalue weighted by atomic mass is 32.2. The predicted octanol–water partition coefficient (Wildman–Crippen LogP) is 0.618. The Morgan fingerprint density at radius 2 is 1.94 bits per heavy atom. The second kappa shape index (κ2) is 5.61. The maximum Gasteiger partial charge on any atom is 0.209 e. The van der Waals surface area contributed by atoms with Crippen LogP contribution >= 0.6 is 13.5 Å². The highest BCUT2D eigenvalue weighted by Crippen LogP contribution is 2.31. The quantitative estimate of drug-likeness (QED) is 0.878. The van der Waals surface area contributed by atoms with Gasteiger partial charge in [-0.25, -0.2) is 13.6 Å². The molecule has 0 radical (unpaired) electrons. The van der Waals surface area contributed by atoms with Crippen LogP contribution in [0.1, 0.15) is 6.42 Å². The zero-order valence-electron chi connectivity index (χ0n) is 9.13. The Balaban J connectivity index is 0.00000144. The average molecular weight is 277 g/mol. The van der Waals surface area contributed by atoms with Crippen molar-refractivity contribution < 1.29 is 17.9 Å². The Hall–Kier alpha value is -0.920. The van der Waals surface area contributed by atoms with E-state index >= 15 is 0 Å². The van der Waals surface area contributed by atoms with Crippen LogP contribution in [-0.4, -0.2) is 26.9 Å². The van der Waals surface area contributed by atoms with Crippen LogP contribution in [0.25, 0.3) is 0 Å². The summed E-state index contributed by atoms with van der Waals surface area (Å²) in [5.41, 5.74) is 0. The summed E-state index contributed by atoms with van der Waals surface area (Å²) in [5, 5.41) is 4.92. The van der Waals surface area contributed by atoms with Crippen molar-refractivity contribution in [3.63, 3.8) is 0 Å². The van der Waals surface area contributed by atoms with Crippen molar-refractivity contribution in [2.45, 2.75) is 12.5 Å². The standard InChI is InChI=1S/C10H13NO4S.H2S/c11-16(12,13)6-5-8-7-14-9-3-1-2-4-10(9)15-8;/h1-4,8H,5-7H2,(H2,11,12,13);1H2/t8-;/m0./s1. The minimum absolute atomic E-state index is 0. The molecular weight excluding hydrogens is 262 g/mol. The molecule has 1 aromatic rings. The topological polar surface area (TPSA) is 78.6 Å². The number of ether oxygens (including phenoxy) is 2. The lowest BCUT2D eigenvalue weighted by molar-refractivity contribution is 0.0889. The molecule has 0 aromatic heterocycles. The SMILES string of the molecule is NS(=O)(=O)CC[C@H]1COc2ccccc2O1.S. The predicted molar refractivity (Wildman–Crippen MR) is 69.3 cm³/mol. The van der Waals surface area contributed by atoms with E-state index in [2.05, 4.69) is 0 Å². The Morgan fingerprint density at radius 1 is 1.29 bits per heavy atom. The van der Waals surface area contributed by atoms with E-state index in [1.807, 2.05) is 18.2 Å². The average Bonchev–Trinajstić information content (AvgIpc) is 2.25. The second-order valence-electron chi connectivity index (χ2n) is 3.65. The molecule has 1 aliphatic heterocycles. The molecule has 5 nitrogen and oxygen atoms in total. The lowest BCUT2D eigenvalue weighted by Gasteiger charge is -2.26. The lowest BCUT2D eigenvalue weighted by atomic mass is 10.2. The molecule has 1 aromatic carbocycles. The highest BCUT2D eigenvalue weighted by Gasteiger charge is 2.21. The molecule has 1 aliphatic rings. The van der Waals surface area contributed by atoms with Gasteiger partial charge in [-0.05, 0) is 12.1 Å². The number of hydrogen-bond donors (Lipinski definition) is 1. The van der Waals surface area contributed by atoms with E-state index < -0.39 is 10.0 Å². The van der Waals surface area contributed by atoms with Gasteiger partial charge in [0.15, 0.2) is 11.5 Å². The zero-order chi connectivity index (χ0) is 11.6. The summed E-state index contributed by atoms with van der Waals surface area (Å²) in [6, 6.07) is 7.29. The van der Waals surface area contributed by atoms with Gasteiger partial charge in [-0.15, -0.1) is 0 Å². The molecule has 0 aliphatic carbocycles. The first-order valence-electron chi connectivity index (χ1n) is 4.93. The van der Waals surface area contributed by atoms with Crippen molar-refractivity contribution >= 4 is 23.5 Å². The van der Waals surface area contributed by atoms with Gasteiger partial charge in [0.1, 0.15) is 12.7 Å². The van der Waals surface area contributed by atoms with Crippen LogP contribution in [0.2, 0.25) is 0 Å². The van der Waals surface area contributed by atoms with Gasteiger partial charge in [0.2, 0.25) is 10.0 Å². The molecule has 0 spiro atoms. The summed E-state index contributed by atoms with van der Waals surface area (Å²) < 4.78 is 32.6. The van der Waals surface area contributed by atoms with E-state index in [-0.39, 0.29) is 25.4 Å². The molecule has 0 fully saturated rings. The molecule has 17 heavy (non-hydrogen) atoms. The molecule has 0 unspecified atom stereocenters. The first-order valence-corrected chi connectivity index (χ1v) is 6.65. The van der Waals surface area contributed by atoms with Gasteiger partial charge in [-0.2, -0.15) is 13.5 Å². The van der Waals surface area contributed by atoms with Gasteiger partial charge >= 0.3 is 0 Å². The van der Waals surface area contributed by atoms with Gasteiger partial charge in [-0.3, -0.25) is 0 Å². The van der Waals surface area contributed by atoms with Crippen LogP contribution in [0, 0.1) is 0 Å². The van der Waals surface area contributed by atoms with Crippen molar-refractivity contribution in [3.8, 4) is 11.5 Å². The van der Waals surface area contributed by atoms with Crippen molar-refractivity contribution in [1.29, 1.82) is 0 Å². The van der Waals surface area contributed by atoms with Gasteiger partial charge < -0.3 is 9.47 Å². The van der Waals surface area contributed by atoms with Gasteiger partial charge in [0.25, 0.3) is 0 Å². The van der Waals surface area contributed by atoms with Crippen LogP contribution in [0.3, 0.4) is 0 Å². The minimum Gasteiger partial charge on any atom is -0.486 e. The first kappa shape index (κ1) is 14.1. The number of rotatable bonds is 3. The van der Waals surface area contributed by atoms with Crippen molar-refractivity contribution in [3.05, 3.63) is 24.3 Å². The third-order valence-corrected chi connectivity index (χ3v) is 3.10. The largest absolute Gasteiger partial charge is 0.486 e. The molecular formula is C10H15NO4S2. The van der Waals surface area contributed by atoms with Crippen LogP contribution in [0.15, 0.2) is 24.3 Å². The van der Waals surface area contributed by atoms with Gasteiger partial charge in [0, 0.05) is 6.42 Å². The molecule has 0 saturated carbocycles. The Labute approximate surface area is 107 Å². The summed E-state index contributed by atoms with van der Waals surface area (Å²) in [4.78, 5) is 0. The van der Waals surface area contributed by atoms with Crippen molar-refractivity contribution in [2.75, 3.05) is 12.4 Å². The number of primary sulfonamides is 1. The minimum atomic E-state index is -3.44. The van der Waals surface area contributed by atoms with Gasteiger partial charge in [-0.1, -0.05) is 12.1 Å². The monoisotopic (exact) mass is 277 g/mol. The van der Waals surface area contributed by atoms with Crippen LogP contribution in [0.5, 0.6) is 11.5 Å². The summed E-state index contributed by atoms with van der Waals surface area (Å²) in [5.74, 6) is 1.24. The molecule has 1 atom stereocenters. The molecule has 0 amide bonds. The Kier molecular flexibility index (Phi) is 4.67. The number of hydrogen-bond acceptors (Lipinski definition) is 4. The fourth-order valence-electron chi connectivity index (χ4n) is 1.50. The number of nitrogens with two attached hydrogens (primary N) is 1. The van der Waals surface area contributed by atoms with E-state index in [9.17, 15) is 8.42 Å². The smallest absolute Gasteiger partial charge is 0.209 e. The van der Waals surface area contributed by atoms with Gasteiger partial charge in [0.05, 0.1) is 5.75 Å². The number of para-hydroxylation sites is 2. The number of fused-ring (bicyclic) bond motifs is 1. The molecule has 1 heterocycles.